The monoisotopic (exact) mass is 461 g/mol. The molecule has 3 heteroatoms. The van der Waals surface area contributed by atoms with Crippen LogP contribution in [0.1, 0.15) is 37.5 Å². The molecule has 6 rings (SSSR count). The van der Waals surface area contributed by atoms with Crippen LogP contribution >= 0.6 is 11.3 Å². The van der Waals surface area contributed by atoms with Crippen LogP contribution in [0.3, 0.4) is 0 Å². The predicted molar refractivity (Wildman–Crippen MR) is 146 cm³/mol. The van der Waals surface area contributed by atoms with Crippen LogP contribution in [0.2, 0.25) is 0 Å². The van der Waals surface area contributed by atoms with Crippen LogP contribution in [-0.4, -0.2) is 4.98 Å². The van der Waals surface area contributed by atoms with Crippen molar-refractivity contribution in [3.63, 3.8) is 0 Å². The normalized spacial score (nSPS) is 12.3. The van der Waals surface area contributed by atoms with E-state index in [4.69, 9.17) is 9.40 Å². The topological polar surface area (TPSA) is 26.0 Å². The van der Waals surface area contributed by atoms with Crippen molar-refractivity contribution in [2.24, 2.45) is 0 Å². The van der Waals surface area contributed by atoms with Gasteiger partial charge in [-0.05, 0) is 76.4 Å². The van der Waals surface area contributed by atoms with Crippen molar-refractivity contribution in [3.05, 3.63) is 89.8 Å². The van der Waals surface area contributed by atoms with Crippen LogP contribution in [-0.2, 0) is 5.41 Å². The number of pyridine rings is 1. The molecule has 0 atom stereocenters. The summed E-state index contributed by atoms with van der Waals surface area (Å²) in [7, 11) is 0. The van der Waals surface area contributed by atoms with E-state index < -0.39 is 0 Å². The molecule has 0 aliphatic heterocycles. The summed E-state index contributed by atoms with van der Waals surface area (Å²) in [5.41, 5.74) is 8.28. The first kappa shape index (κ1) is 21.1. The third-order valence-corrected chi connectivity index (χ3v) is 8.17. The summed E-state index contributed by atoms with van der Waals surface area (Å²) >= 11 is 1.84. The van der Waals surface area contributed by atoms with Crippen molar-refractivity contribution in [3.8, 4) is 21.7 Å². The van der Waals surface area contributed by atoms with Gasteiger partial charge in [0.25, 0.3) is 0 Å². The Morgan fingerprint density at radius 1 is 0.882 bits per heavy atom. The molecule has 34 heavy (non-hydrogen) atoms. The molecule has 3 heterocycles. The Hall–Kier alpha value is -3.43. The Morgan fingerprint density at radius 2 is 1.71 bits per heavy atom. The minimum Gasteiger partial charge on any atom is -0.464 e. The van der Waals surface area contributed by atoms with E-state index >= 15 is 0 Å². The molecule has 0 spiro atoms. The zero-order valence-corrected chi connectivity index (χ0v) is 21.0. The number of fused-ring (bicyclic) bond motifs is 3. The number of thiophene rings is 1. The van der Waals surface area contributed by atoms with E-state index in [1.807, 2.05) is 29.9 Å². The third kappa shape index (κ3) is 3.19. The molecule has 0 radical (unpaired) electrons. The fourth-order valence-corrected chi connectivity index (χ4v) is 6.46. The minimum atomic E-state index is 0.0362. The van der Waals surface area contributed by atoms with E-state index in [2.05, 4.69) is 89.2 Å². The van der Waals surface area contributed by atoms with Gasteiger partial charge in [-0.15, -0.1) is 11.3 Å². The Kier molecular flexibility index (Phi) is 4.69. The Bertz CT molecular complexity index is 1710. The number of aromatic nitrogens is 1. The Morgan fingerprint density at radius 3 is 2.53 bits per heavy atom. The van der Waals surface area contributed by atoms with E-state index in [1.165, 1.54) is 58.9 Å². The molecule has 3 aromatic heterocycles. The summed E-state index contributed by atoms with van der Waals surface area (Å²) in [6.07, 6.45) is 3.81. The molecule has 0 saturated carbocycles. The SMILES string of the molecule is Cc1c(-c2cccc3occ(C)c23)sc2c(-c3cc(C(C)(C)C)c4ccccc4c3)nccc12. The van der Waals surface area contributed by atoms with Crippen molar-refractivity contribution >= 4 is 43.2 Å². The Labute approximate surface area is 203 Å². The number of benzene rings is 3. The first-order valence-electron chi connectivity index (χ1n) is 11.7. The van der Waals surface area contributed by atoms with Gasteiger partial charge in [0.15, 0.2) is 0 Å². The molecule has 168 valence electrons. The number of aryl methyl sites for hydroxylation is 2. The number of hydrogen-bond donors (Lipinski definition) is 0. The summed E-state index contributed by atoms with van der Waals surface area (Å²) in [4.78, 5) is 6.21. The average Bonchev–Trinajstić information content (AvgIpc) is 3.38. The fraction of sp³-hybridized carbons (Fsp3) is 0.194. The molecule has 0 unspecified atom stereocenters. The van der Waals surface area contributed by atoms with Gasteiger partial charge in [0, 0.05) is 27.6 Å². The zero-order chi connectivity index (χ0) is 23.6. The van der Waals surface area contributed by atoms with Gasteiger partial charge in [0.05, 0.1) is 16.7 Å². The van der Waals surface area contributed by atoms with Crippen molar-refractivity contribution in [2.45, 2.75) is 40.0 Å². The van der Waals surface area contributed by atoms with E-state index in [9.17, 15) is 0 Å². The second-order valence-corrected chi connectivity index (χ2v) is 11.2. The second kappa shape index (κ2) is 7.54. The van der Waals surface area contributed by atoms with Crippen molar-refractivity contribution < 1.29 is 4.42 Å². The highest BCUT2D eigenvalue weighted by molar-refractivity contribution is 7.23. The van der Waals surface area contributed by atoms with Crippen molar-refractivity contribution in [1.82, 2.24) is 4.98 Å². The highest BCUT2D eigenvalue weighted by Gasteiger charge is 2.21. The molecule has 6 aromatic rings. The van der Waals surface area contributed by atoms with E-state index in [0.29, 0.717) is 0 Å². The largest absolute Gasteiger partial charge is 0.464 e. The van der Waals surface area contributed by atoms with E-state index in [0.717, 1.165) is 11.3 Å². The molecule has 0 amide bonds. The number of furan rings is 1. The molecule has 2 nitrogen and oxygen atoms in total. The standard InChI is InChI=1S/C31H27NOS/c1-18-17-33-26-12-8-11-24(27(18)26)29-19(2)22-13-14-32-28(30(22)34-29)21-15-20-9-6-7-10-23(20)25(16-21)31(3,4)5/h6-17H,1-5H3. The fourth-order valence-electron chi connectivity index (χ4n) is 5.11. The van der Waals surface area contributed by atoms with Crippen LogP contribution in [0.15, 0.2) is 77.5 Å². The van der Waals surface area contributed by atoms with Gasteiger partial charge in [-0.3, -0.25) is 4.98 Å². The molecule has 0 N–H and O–H groups in total. The van der Waals surface area contributed by atoms with E-state index in [1.54, 1.807) is 0 Å². The minimum absolute atomic E-state index is 0.0362. The van der Waals surface area contributed by atoms with E-state index in [-0.39, 0.29) is 5.41 Å². The molecular weight excluding hydrogens is 434 g/mol. The highest BCUT2D eigenvalue weighted by atomic mass is 32.1. The van der Waals surface area contributed by atoms with Gasteiger partial charge in [-0.1, -0.05) is 57.2 Å². The summed E-state index contributed by atoms with van der Waals surface area (Å²) in [6.45, 7) is 11.2. The summed E-state index contributed by atoms with van der Waals surface area (Å²) in [5.74, 6) is 0. The van der Waals surface area contributed by atoms with Crippen molar-refractivity contribution in [2.75, 3.05) is 0 Å². The first-order valence-corrected chi connectivity index (χ1v) is 12.5. The van der Waals surface area contributed by atoms with Crippen LogP contribution < -0.4 is 0 Å². The zero-order valence-electron chi connectivity index (χ0n) is 20.2. The lowest BCUT2D eigenvalue weighted by Gasteiger charge is -2.22. The number of nitrogens with zero attached hydrogens (tertiary/aromatic N) is 1. The number of hydrogen-bond acceptors (Lipinski definition) is 3. The van der Waals surface area contributed by atoms with Crippen LogP contribution in [0, 0.1) is 13.8 Å². The molecular formula is C31H27NOS. The van der Waals surface area contributed by atoms with Gasteiger partial charge < -0.3 is 4.42 Å². The lowest BCUT2D eigenvalue weighted by Crippen LogP contribution is -2.12. The first-order chi connectivity index (χ1) is 16.3. The lowest BCUT2D eigenvalue weighted by molar-refractivity contribution is 0.596. The third-order valence-electron chi connectivity index (χ3n) is 6.82. The summed E-state index contributed by atoms with van der Waals surface area (Å²) < 4.78 is 7.04. The maximum Gasteiger partial charge on any atom is 0.134 e. The predicted octanol–water partition coefficient (Wildman–Crippen LogP) is 9.44. The molecule has 0 aliphatic rings. The van der Waals surface area contributed by atoms with Crippen LogP contribution in [0.5, 0.6) is 0 Å². The van der Waals surface area contributed by atoms with Gasteiger partial charge in [0.2, 0.25) is 0 Å². The number of rotatable bonds is 2. The molecule has 0 saturated heterocycles. The van der Waals surface area contributed by atoms with Crippen LogP contribution in [0.4, 0.5) is 0 Å². The highest BCUT2D eigenvalue weighted by Crippen LogP contribution is 2.45. The summed E-state index contributed by atoms with van der Waals surface area (Å²) in [5, 5.41) is 5.05. The maximum atomic E-state index is 5.80. The Balaban J connectivity index is 1.64. The van der Waals surface area contributed by atoms with Gasteiger partial charge in [0.1, 0.15) is 5.58 Å². The van der Waals surface area contributed by atoms with Crippen LogP contribution in [0.25, 0.3) is 53.5 Å². The molecule has 0 aliphatic carbocycles. The molecule has 3 aromatic carbocycles. The second-order valence-electron chi connectivity index (χ2n) is 10.2. The lowest BCUT2D eigenvalue weighted by atomic mass is 9.82. The van der Waals surface area contributed by atoms with Gasteiger partial charge >= 0.3 is 0 Å². The summed E-state index contributed by atoms with van der Waals surface area (Å²) in [6, 6.07) is 21.8. The quantitative estimate of drug-likeness (QED) is 0.257. The average molecular weight is 462 g/mol. The van der Waals surface area contributed by atoms with Gasteiger partial charge in [-0.25, -0.2) is 0 Å². The molecule has 0 bridgehead atoms. The van der Waals surface area contributed by atoms with Crippen molar-refractivity contribution in [1.29, 1.82) is 0 Å². The van der Waals surface area contributed by atoms with Gasteiger partial charge in [-0.2, -0.15) is 0 Å². The smallest absolute Gasteiger partial charge is 0.134 e. The maximum absolute atomic E-state index is 5.80. The molecule has 0 fully saturated rings.